The van der Waals surface area contributed by atoms with Crippen molar-refractivity contribution in [2.24, 2.45) is 0 Å². The molecule has 0 radical (unpaired) electrons. The van der Waals surface area contributed by atoms with Crippen LogP contribution in [0.5, 0.6) is 5.75 Å². The summed E-state index contributed by atoms with van der Waals surface area (Å²) in [5.41, 5.74) is -0.0237. The SMILES string of the molecule is COCCCc1ccc(C(F)(F)F)cc1OCCCCCC(=O)O. The summed E-state index contributed by atoms with van der Waals surface area (Å²) in [6.07, 6.45) is -1.28. The van der Waals surface area contributed by atoms with E-state index in [-0.39, 0.29) is 18.8 Å². The van der Waals surface area contributed by atoms with E-state index in [0.29, 0.717) is 44.3 Å². The fraction of sp³-hybridized carbons (Fsp3) is 0.588. The molecule has 0 aromatic heterocycles. The van der Waals surface area contributed by atoms with Gasteiger partial charge >= 0.3 is 12.1 Å². The highest BCUT2D eigenvalue weighted by molar-refractivity contribution is 5.66. The van der Waals surface area contributed by atoms with Gasteiger partial charge in [0.15, 0.2) is 0 Å². The van der Waals surface area contributed by atoms with Crippen molar-refractivity contribution in [2.45, 2.75) is 44.7 Å². The first-order chi connectivity index (χ1) is 11.3. The Morgan fingerprint density at radius 2 is 1.88 bits per heavy atom. The summed E-state index contributed by atoms with van der Waals surface area (Å²) >= 11 is 0. The molecule has 0 atom stereocenters. The van der Waals surface area contributed by atoms with E-state index in [9.17, 15) is 18.0 Å². The summed E-state index contributed by atoms with van der Waals surface area (Å²) in [6.45, 7) is 0.786. The van der Waals surface area contributed by atoms with Gasteiger partial charge in [0.2, 0.25) is 0 Å². The minimum atomic E-state index is -4.41. The Labute approximate surface area is 139 Å². The Morgan fingerprint density at radius 1 is 1.12 bits per heavy atom. The first kappa shape index (κ1) is 20.3. The van der Waals surface area contributed by atoms with Crippen molar-refractivity contribution in [1.29, 1.82) is 0 Å². The molecule has 4 nitrogen and oxygen atoms in total. The maximum atomic E-state index is 12.8. The summed E-state index contributed by atoms with van der Waals surface area (Å²) in [7, 11) is 1.57. The van der Waals surface area contributed by atoms with Crippen LogP contribution < -0.4 is 4.74 Å². The molecule has 0 unspecified atom stereocenters. The number of rotatable bonds is 11. The lowest BCUT2D eigenvalue weighted by Gasteiger charge is -2.15. The molecule has 0 spiro atoms. The molecule has 7 heteroatoms. The summed E-state index contributed by atoms with van der Waals surface area (Å²) < 4.78 is 49.0. The first-order valence-corrected chi connectivity index (χ1v) is 7.88. The summed E-state index contributed by atoms with van der Waals surface area (Å²) in [5.74, 6) is -0.617. The Kier molecular flexibility index (Phi) is 8.60. The standard InChI is InChI=1S/C17H23F3O4/c1-23-10-5-6-13-8-9-14(17(18,19)20)12-15(13)24-11-4-2-3-7-16(21)22/h8-9,12H,2-7,10-11H2,1H3,(H,21,22). The van der Waals surface area contributed by atoms with Gasteiger partial charge in [-0.15, -0.1) is 0 Å². The van der Waals surface area contributed by atoms with E-state index in [1.54, 1.807) is 7.11 Å². The van der Waals surface area contributed by atoms with Gasteiger partial charge in [0, 0.05) is 20.1 Å². The zero-order chi connectivity index (χ0) is 18.0. The number of carbonyl (C=O) groups is 1. The van der Waals surface area contributed by atoms with Gasteiger partial charge in [-0.1, -0.05) is 6.07 Å². The molecular weight excluding hydrogens is 325 g/mol. The van der Waals surface area contributed by atoms with Crippen LogP contribution in [-0.2, 0) is 22.1 Å². The van der Waals surface area contributed by atoms with Crippen molar-refractivity contribution >= 4 is 5.97 Å². The van der Waals surface area contributed by atoms with Crippen molar-refractivity contribution in [1.82, 2.24) is 0 Å². The lowest BCUT2D eigenvalue weighted by Crippen LogP contribution is -2.08. The molecule has 0 fully saturated rings. The number of aryl methyl sites for hydroxylation is 1. The summed E-state index contributed by atoms with van der Waals surface area (Å²) in [4.78, 5) is 10.4. The van der Waals surface area contributed by atoms with Gasteiger partial charge in [0.25, 0.3) is 0 Å². The number of carboxylic acid groups (broad SMARTS) is 1. The van der Waals surface area contributed by atoms with E-state index < -0.39 is 17.7 Å². The van der Waals surface area contributed by atoms with E-state index in [4.69, 9.17) is 14.6 Å². The van der Waals surface area contributed by atoms with Crippen molar-refractivity contribution in [3.05, 3.63) is 29.3 Å². The number of aliphatic carboxylic acids is 1. The minimum Gasteiger partial charge on any atom is -0.493 e. The molecule has 0 aliphatic rings. The van der Waals surface area contributed by atoms with E-state index >= 15 is 0 Å². The summed E-state index contributed by atoms with van der Waals surface area (Å²) in [5, 5.41) is 8.55. The maximum absolute atomic E-state index is 12.8. The fourth-order valence-corrected chi connectivity index (χ4v) is 2.22. The third-order valence-corrected chi connectivity index (χ3v) is 3.48. The number of hydrogen-bond acceptors (Lipinski definition) is 3. The molecule has 0 amide bonds. The van der Waals surface area contributed by atoms with Crippen molar-refractivity contribution < 1.29 is 32.5 Å². The molecular formula is C17H23F3O4. The third kappa shape index (κ3) is 7.68. The number of halogens is 3. The Hall–Kier alpha value is -1.76. The minimum absolute atomic E-state index is 0.0891. The van der Waals surface area contributed by atoms with Crippen LogP contribution in [0.25, 0.3) is 0 Å². The molecule has 0 saturated heterocycles. The number of carboxylic acids is 1. The molecule has 1 rings (SSSR count). The number of unbranched alkanes of at least 4 members (excludes halogenated alkanes) is 2. The Morgan fingerprint density at radius 3 is 2.50 bits per heavy atom. The van der Waals surface area contributed by atoms with Gasteiger partial charge in [-0.05, 0) is 49.8 Å². The number of methoxy groups -OCH3 is 1. The quantitative estimate of drug-likeness (QED) is 0.606. The van der Waals surface area contributed by atoms with E-state index in [0.717, 1.165) is 12.1 Å². The zero-order valence-corrected chi connectivity index (χ0v) is 13.7. The van der Waals surface area contributed by atoms with Gasteiger partial charge in [-0.2, -0.15) is 13.2 Å². The highest BCUT2D eigenvalue weighted by atomic mass is 19.4. The van der Waals surface area contributed by atoms with Crippen LogP contribution in [-0.4, -0.2) is 31.4 Å². The van der Waals surface area contributed by atoms with Gasteiger partial charge in [0.05, 0.1) is 12.2 Å². The Bertz CT molecular complexity index is 515. The van der Waals surface area contributed by atoms with Crippen molar-refractivity contribution in [2.75, 3.05) is 20.3 Å². The van der Waals surface area contributed by atoms with Crippen LogP contribution in [0, 0.1) is 0 Å². The molecule has 1 aromatic rings. The lowest BCUT2D eigenvalue weighted by molar-refractivity contribution is -0.138. The molecule has 136 valence electrons. The van der Waals surface area contributed by atoms with Crippen LogP contribution in [0.4, 0.5) is 13.2 Å². The highest BCUT2D eigenvalue weighted by Gasteiger charge is 2.31. The highest BCUT2D eigenvalue weighted by Crippen LogP contribution is 2.33. The van der Waals surface area contributed by atoms with Gasteiger partial charge in [-0.25, -0.2) is 0 Å². The van der Waals surface area contributed by atoms with Crippen LogP contribution in [0.3, 0.4) is 0 Å². The van der Waals surface area contributed by atoms with Gasteiger partial charge in [0.1, 0.15) is 5.75 Å². The Balaban J connectivity index is 2.63. The molecule has 0 bridgehead atoms. The van der Waals surface area contributed by atoms with Crippen LogP contribution >= 0.6 is 0 Å². The second kappa shape index (κ2) is 10.2. The predicted octanol–water partition coefficient (Wildman–Crippen LogP) is 4.31. The van der Waals surface area contributed by atoms with Gasteiger partial charge < -0.3 is 14.6 Å². The second-order valence-electron chi connectivity index (χ2n) is 5.47. The molecule has 24 heavy (non-hydrogen) atoms. The maximum Gasteiger partial charge on any atom is 0.416 e. The van der Waals surface area contributed by atoms with E-state index in [2.05, 4.69) is 0 Å². The summed E-state index contributed by atoms with van der Waals surface area (Å²) in [6, 6.07) is 3.53. The second-order valence-corrected chi connectivity index (χ2v) is 5.47. The molecule has 1 N–H and O–H groups in total. The third-order valence-electron chi connectivity index (χ3n) is 3.48. The van der Waals surface area contributed by atoms with E-state index in [1.165, 1.54) is 6.07 Å². The monoisotopic (exact) mass is 348 g/mol. The zero-order valence-electron chi connectivity index (χ0n) is 13.7. The van der Waals surface area contributed by atoms with Gasteiger partial charge in [-0.3, -0.25) is 4.79 Å². The smallest absolute Gasteiger partial charge is 0.416 e. The largest absolute Gasteiger partial charge is 0.493 e. The van der Waals surface area contributed by atoms with Crippen LogP contribution in [0.15, 0.2) is 18.2 Å². The molecule has 0 saturated carbocycles. The average Bonchev–Trinajstić information content (AvgIpc) is 2.50. The molecule has 0 aliphatic carbocycles. The van der Waals surface area contributed by atoms with Crippen molar-refractivity contribution in [3.8, 4) is 5.75 Å². The number of ether oxygens (including phenoxy) is 2. The van der Waals surface area contributed by atoms with Crippen LogP contribution in [0.2, 0.25) is 0 Å². The predicted molar refractivity (Wildman–Crippen MR) is 83.2 cm³/mol. The average molecular weight is 348 g/mol. The topological polar surface area (TPSA) is 55.8 Å². The number of benzene rings is 1. The normalized spacial score (nSPS) is 11.5. The molecule has 1 aromatic carbocycles. The number of alkyl halides is 3. The molecule has 0 heterocycles. The van der Waals surface area contributed by atoms with Crippen LogP contribution in [0.1, 0.15) is 43.2 Å². The molecule has 0 aliphatic heterocycles. The van der Waals surface area contributed by atoms with Crippen molar-refractivity contribution in [3.63, 3.8) is 0 Å². The fourth-order valence-electron chi connectivity index (χ4n) is 2.22. The first-order valence-electron chi connectivity index (χ1n) is 7.88. The lowest BCUT2D eigenvalue weighted by atomic mass is 10.1. The van der Waals surface area contributed by atoms with E-state index in [1.807, 2.05) is 0 Å². The number of hydrogen-bond donors (Lipinski definition) is 1.